The number of piperidine rings is 1. The Morgan fingerprint density at radius 3 is 2.92 bits per heavy atom. The molecule has 1 N–H and O–H groups in total. The fraction of sp³-hybridized carbons (Fsp3) is 0.562. The Morgan fingerprint density at radius 2 is 2.17 bits per heavy atom. The minimum absolute atomic E-state index is 0.0616. The van der Waals surface area contributed by atoms with Crippen LogP contribution in [-0.4, -0.2) is 45.2 Å². The summed E-state index contributed by atoms with van der Waals surface area (Å²) in [5.74, 6) is -0.497. The molecule has 8 nitrogen and oxygen atoms in total. The molecular formula is C16H21N3O5. The number of nitro benzene ring substituents is 1. The number of oxazole rings is 1. The molecule has 0 aliphatic carbocycles. The molecule has 1 fully saturated rings. The SMILES string of the molecule is O=c1oc2ccc([N+](=O)[O-])cc2n1CCCN1CCCCC1CO. The number of non-ortho nitro benzene ring substituents is 1. The Hall–Kier alpha value is -2.19. The number of rotatable bonds is 6. The summed E-state index contributed by atoms with van der Waals surface area (Å²) in [7, 11) is 0. The molecule has 130 valence electrons. The van der Waals surface area contributed by atoms with Crippen molar-refractivity contribution >= 4 is 16.8 Å². The quantitative estimate of drug-likeness (QED) is 0.637. The van der Waals surface area contributed by atoms with Crippen molar-refractivity contribution in [2.24, 2.45) is 0 Å². The molecule has 1 aliphatic heterocycles. The van der Waals surface area contributed by atoms with Crippen LogP contribution in [0.25, 0.3) is 11.1 Å². The smallest absolute Gasteiger partial charge is 0.408 e. The van der Waals surface area contributed by atoms with E-state index in [9.17, 15) is 20.0 Å². The predicted octanol–water partition coefficient (Wildman–Crippen LogP) is 1.74. The number of aromatic nitrogens is 1. The highest BCUT2D eigenvalue weighted by atomic mass is 16.6. The van der Waals surface area contributed by atoms with E-state index >= 15 is 0 Å². The normalized spacial score (nSPS) is 19.0. The molecule has 1 aromatic carbocycles. The fourth-order valence-electron chi connectivity index (χ4n) is 3.37. The van der Waals surface area contributed by atoms with Gasteiger partial charge in [0.05, 0.1) is 17.0 Å². The molecule has 3 rings (SSSR count). The van der Waals surface area contributed by atoms with Crippen molar-refractivity contribution in [1.29, 1.82) is 0 Å². The molecule has 24 heavy (non-hydrogen) atoms. The molecule has 1 aromatic heterocycles. The molecule has 0 radical (unpaired) electrons. The summed E-state index contributed by atoms with van der Waals surface area (Å²) in [6.45, 7) is 2.32. The molecule has 0 spiro atoms. The summed E-state index contributed by atoms with van der Waals surface area (Å²) in [5, 5.41) is 20.3. The van der Waals surface area contributed by atoms with Crippen LogP contribution in [0.5, 0.6) is 0 Å². The molecule has 0 saturated carbocycles. The fourth-order valence-corrected chi connectivity index (χ4v) is 3.37. The van der Waals surface area contributed by atoms with Gasteiger partial charge in [-0.1, -0.05) is 6.42 Å². The Morgan fingerprint density at radius 1 is 1.33 bits per heavy atom. The third kappa shape index (κ3) is 3.34. The van der Waals surface area contributed by atoms with E-state index in [1.54, 1.807) is 0 Å². The molecule has 0 bridgehead atoms. The highest BCUT2D eigenvalue weighted by molar-refractivity contribution is 5.75. The van der Waals surface area contributed by atoms with Gasteiger partial charge in [0, 0.05) is 31.3 Å². The maximum absolute atomic E-state index is 12.0. The third-order valence-electron chi connectivity index (χ3n) is 4.65. The Bertz CT molecular complexity index is 782. The van der Waals surface area contributed by atoms with Crippen molar-refractivity contribution in [3.63, 3.8) is 0 Å². The first-order valence-electron chi connectivity index (χ1n) is 8.23. The van der Waals surface area contributed by atoms with Gasteiger partial charge in [-0.3, -0.25) is 19.6 Å². The number of aryl methyl sites for hydroxylation is 1. The maximum Gasteiger partial charge on any atom is 0.419 e. The Balaban J connectivity index is 1.72. The number of nitro groups is 1. The molecule has 1 saturated heterocycles. The van der Waals surface area contributed by atoms with E-state index in [0.29, 0.717) is 24.1 Å². The van der Waals surface area contributed by atoms with E-state index in [0.717, 1.165) is 32.4 Å². The summed E-state index contributed by atoms with van der Waals surface area (Å²) in [6, 6.07) is 4.35. The zero-order valence-corrected chi connectivity index (χ0v) is 13.4. The van der Waals surface area contributed by atoms with Crippen molar-refractivity contribution < 1.29 is 14.4 Å². The first kappa shape index (κ1) is 16.7. The highest BCUT2D eigenvalue weighted by Crippen LogP contribution is 2.21. The summed E-state index contributed by atoms with van der Waals surface area (Å²) in [5.41, 5.74) is 0.747. The van der Waals surface area contributed by atoms with Gasteiger partial charge in [0.15, 0.2) is 5.58 Å². The van der Waals surface area contributed by atoms with Gasteiger partial charge in [-0.2, -0.15) is 0 Å². The van der Waals surface area contributed by atoms with Gasteiger partial charge >= 0.3 is 5.76 Å². The van der Waals surface area contributed by atoms with Gasteiger partial charge in [0.2, 0.25) is 0 Å². The Kier molecular flexibility index (Phi) is 4.96. The summed E-state index contributed by atoms with van der Waals surface area (Å²) < 4.78 is 6.59. The van der Waals surface area contributed by atoms with Crippen molar-refractivity contribution in [2.45, 2.75) is 38.3 Å². The van der Waals surface area contributed by atoms with E-state index in [4.69, 9.17) is 4.42 Å². The van der Waals surface area contributed by atoms with Gasteiger partial charge in [-0.25, -0.2) is 4.79 Å². The van der Waals surface area contributed by atoms with Crippen LogP contribution in [0.15, 0.2) is 27.4 Å². The lowest BCUT2D eigenvalue weighted by Crippen LogP contribution is -2.42. The second-order valence-electron chi connectivity index (χ2n) is 6.15. The molecule has 1 aliphatic rings. The number of nitrogens with zero attached hydrogens (tertiary/aromatic N) is 3. The zero-order valence-electron chi connectivity index (χ0n) is 13.4. The minimum Gasteiger partial charge on any atom is -0.408 e. The van der Waals surface area contributed by atoms with Gasteiger partial charge in [-0.05, 0) is 31.9 Å². The standard InChI is InChI=1S/C16H21N3O5/c20-11-13-4-1-2-7-17(13)8-3-9-18-14-10-12(19(22)23)5-6-15(14)24-16(18)21/h5-6,10,13,20H,1-4,7-9,11H2. The van der Waals surface area contributed by atoms with Crippen molar-refractivity contribution in [2.75, 3.05) is 19.7 Å². The van der Waals surface area contributed by atoms with Crippen LogP contribution in [0, 0.1) is 10.1 Å². The summed E-state index contributed by atoms with van der Waals surface area (Å²) in [4.78, 5) is 24.7. The number of likely N-dealkylation sites (tertiary alicyclic amines) is 1. The largest absolute Gasteiger partial charge is 0.419 e. The summed E-state index contributed by atoms with van der Waals surface area (Å²) >= 11 is 0. The van der Waals surface area contributed by atoms with Crippen LogP contribution in [0.1, 0.15) is 25.7 Å². The molecular weight excluding hydrogens is 314 g/mol. The number of hydrogen-bond donors (Lipinski definition) is 1. The maximum atomic E-state index is 12.0. The van der Waals surface area contributed by atoms with E-state index in [-0.39, 0.29) is 18.3 Å². The zero-order chi connectivity index (χ0) is 17.1. The van der Waals surface area contributed by atoms with Crippen LogP contribution >= 0.6 is 0 Å². The first-order chi connectivity index (χ1) is 11.6. The van der Waals surface area contributed by atoms with Gasteiger partial charge in [0.25, 0.3) is 5.69 Å². The van der Waals surface area contributed by atoms with Crippen LogP contribution in [-0.2, 0) is 6.54 Å². The Labute approximate surface area is 138 Å². The first-order valence-corrected chi connectivity index (χ1v) is 8.23. The van der Waals surface area contributed by atoms with Crippen LogP contribution in [0.4, 0.5) is 5.69 Å². The topological polar surface area (TPSA) is 102 Å². The second kappa shape index (κ2) is 7.14. The van der Waals surface area contributed by atoms with Crippen molar-refractivity contribution in [3.05, 3.63) is 38.9 Å². The molecule has 2 heterocycles. The van der Waals surface area contributed by atoms with E-state index in [1.807, 2.05) is 0 Å². The summed E-state index contributed by atoms with van der Waals surface area (Å²) in [6.07, 6.45) is 3.97. The van der Waals surface area contributed by atoms with Gasteiger partial charge in [0.1, 0.15) is 0 Å². The molecule has 2 aromatic rings. The molecule has 8 heteroatoms. The van der Waals surface area contributed by atoms with E-state index in [2.05, 4.69) is 4.90 Å². The lowest BCUT2D eigenvalue weighted by Gasteiger charge is -2.34. The minimum atomic E-state index is -0.497. The lowest BCUT2D eigenvalue weighted by atomic mass is 10.0. The molecule has 1 atom stereocenters. The predicted molar refractivity (Wildman–Crippen MR) is 88.0 cm³/mol. The van der Waals surface area contributed by atoms with E-state index in [1.165, 1.54) is 22.8 Å². The second-order valence-corrected chi connectivity index (χ2v) is 6.15. The molecule has 1 unspecified atom stereocenters. The number of hydrogen-bond acceptors (Lipinski definition) is 6. The highest BCUT2D eigenvalue weighted by Gasteiger charge is 2.21. The monoisotopic (exact) mass is 335 g/mol. The number of fused-ring (bicyclic) bond motifs is 1. The molecule has 0 amide bonds. The number of benzene rings is 1. The van der Waals surface area contributed by atoms with Crippen molar-refractivity contribution in [3.8, 4) is 0 Å². The van der Waals surface area contributed by atoms with Gasteiger partial charge in [-0.15, -0.1) is 0 Å². The number of aliphatic hydroxyl groups is 1. The third-order valence-corrected chi connectivity index (χ3v) is 4.65. The van der Waals surface area contributed by atoms with Gasteiger partial charge < -0.3 is 9.52 Å². The van der Waals surface area contributed by atoms with Crippen LogP contribution in [0.2, 0.25) is 0 Å². The van der Waals surface area contributed by atoms with Crippen molar-refractivity contribution in [1.82, 2.24) is 9.47 Å². The lowest BCUT2D eigenvalue weighted by molar-refractivity contribution is -0.384. The van der Waals surface area contributed by atoms with Crippen LogP contribution < -0.4 is 5.76 Å². The average molecular weight is 335 g/mol. The van der Waals surface area contributed by atoms with Crippen LogP contribution in [0.3, 0.4) is 0 Å². The number of aliphatic hydroxyl groups excluding tert-OH is 1. The average Bonchev–Trinajstić information content (AvgIpc) is 2.90. The van der Waals surface area contributed by atoms with E-state index < -0.39 is 10.7 Å².